The number of anilines is 1. The first-order chi connectivity index (χ1) is 12.4. The van der Waals surface area contributed by atoms with E-state index in [0.29, 0.717) is 29.5 Å². The molecule has 1 aliphatic rings. The summed E-state index contributed by atoms with van der Waals surface area (Å²) in [7, 11) is 1.55. The van der Waals surface area contributed by atoms with Crippen LogP contribution in [0.3, 0.4) is 0 Å². The summed E-state index contributed by atoms with van der Waals surface area (Å²) >= 11 is 6.06. The average molecular weight is 382 g/mol. The van der Waals surface area contributed by atoms with Crippen molar-refractivity contribution in [1.82, 2.24) is 10.2 Å². The summed E-state index contributed by atoms with van der Waals surface area (Å²) in [5.41, 5.74) is 0.608. The van der Waals surface area contributed by atoms with Crippen LogP contribution in [0, 0.1) is 5.92 Å². The summed E-state index contributed by atoms with van der Waals surface area (Å²) in [4.78, 5) is 28.8. The second-order valence-electron chi connectivity index (χ2n) is 6.54. The zero-order chi connectivity index (χ0) is 19.3. The van der Waals surface area contributed by atoms with Gasteiger partial charge in [-0.25, -0.2) is 0 Å². The standard InChI is InChI=1S/C19H28ClN3O3/c1-5-22(6-2)13(3)11-21-19(25)14-9-18(24)23(12-14)16-10-15(20)7-8-17(16)26-4/h7-8,10,13-14H,5-6,9,11-12H2,1-4H3,(H,21,25). The molecule has 2 atom stereocenters. The highest BCUT2D eigenvalue weighted by Gasteiger charge is 2.36. The van der Waals surface area contributed by atoms with Crippen LogP contribution in [-0.4, -0.2) is 56.0 Å². The highest BCUT2D eigenvalue weighted by molar-refractivity contribution is 6.31. The minimum Gasteiger partial charge on any atom is -0.495 e. The number of hydrogen-bond donors (Lipinski definition) is 1. The van der Waals surface area contributed by atoms with Crippen molar-refractivity contribution in [2.75, 3.05) is 38.2 Å². The molecular weight excluding hydrogens is 354 g/mol. The second kappa shape index (κ2) is 9.24. The van der Waals surface area contributed by atoms with Crippen molar-refractivity contribution in [2.45, 2.75) is 33.2 Å². The van der Waals surface area contributed by atoms with E-state index in [9.17, 15) is 9.59 Å². The minimum atomic E-state index is -0.366. The molecule has 144 valence electrons. The Morgan fingerprint density at radius 2 is 2.12 bits per heavy atom. The van der Waals surface area contributed by atoms with Gasteiger partial charge < -0.3 is 15.0 Å². The number of halogens is 1. The Morgan fingerprint density at radius 3 is 2.73 bits per heavy atom. The topological polar surface area (TPSA) is 61.9 Å². The monoisotopic (exact) mass is 381 g/mol. The summed E-state index contributed by atoms with van der Waals surface area (Å²) in [5.74, 6) is 0.0254. The number of rotatable bonds is 8. The van der Waals surface area contributed by atoms with E-state index in [4.69, 9.17) is 16.3 Å². The van der Waals surface area contributed by atoms with E-state index >= 15 is 0 Å². The average Bonchev–Trinajstić information content (AvgIpc) is 3.02. The molecule has 1 aromatic rings. The Hall–Kier alpha value is -1.79. The first-order valence-corrected chi connectivity index (χ1v) is 9.44. The SMILES string of the molecule is CCN(CC)C(C)CNC(=O)C1CC(=O)N(c2cc(Cl)ccc2OC)C1. The number of nitrogens with zero attached hydrogens (tertiary/aromatic N) is 2. The number of hydrogen-bond acceptors (Lipinski definition) is 4. The van der Waals surface area contributed by atoms with E-state index in [1.165, 1.54) is 0 Å². The normalized spacial score (nSPS) is 18.3. The predicted molar refractivity (Wildman–Crippen MR) is 104 cm³/mol. The van der Waals surface area contributed by atoms with Crippen molar-refractivity contribution >= 4 is 29.1 Å². The third kappa shape index (κ3) is 4.68. The Bertz CT molecular complexity index is 649. The maximum Gasteiger partial charge on any atom is 0.227 e. The van der Waals surface area contributed by atoms with Crippen LogP contribution in [-0.2, 0) is 9.59 Å². The quantitative estimate of drug-likeness (QED) is 0.751. The smallest absolute Gasteiger partial charge is 0.227 e. The molecule has 1 saturated heterocycles. The molecule has 2 amide bonds. The van der Waals surface area contributed by atoms with E-state index in [-0.39, 0.29) is 30.2 Å². The highest BCUT2D eigenvalue weighted by Crippen LogP contribution is 2.35. The molecule has 0 bridgehead atoms. The van der Waals surface area contributed by atoms with Crippen molar-refractivity contribution in [1.29, 1.82) is 0 Å². The second-order valence-corrected chi connectivity index (χ2v) is 6.97. The van der Waals surface area contributed by atoms with Crippen LogP contribution in [0.25, 0.3) is 0 Å². The largest absolute Gasteiger partial charge is 0.495 e. The lowest BCUT2D eigenvalue weighted by Crippen LogP contribution is -2.44. The minimum absolute atomic E-state index is 0.0825. The van der Waals surface area contributed by atoms with Gasteiger partial charge in [0, 0.05) is 30.6 Å². The maximum atomic E-state index is 12.5. The molecule has 1 aliphatic heterocycles. The Kier molecular flexibility index (Phi) is 7.29. The highest BCUT2D eigenvalue weighted by atomic mass is 35.5. The summed E-state index contributed by atoms with van der Waals surface area (Å²) in [6, 6.07) is 5.39. The van der Waals surface area contributed by atoms with Gasteiger partial charge in [0.25, 0.3) is 0 Å². The molecule has 1 N–H and O–H groups in total. The number of ether oxygens (including phenoxy) is 1. The molecule has 0 aromatic heterocycles. The fourth-order valence-electron chi connectivity index (χ4n) is 3.36. The molecule has 0 aliphatic carbocycles. The molecule has 6 nitrogen and oxygen atoms in total. The van der Waals surface area contributed by atoms with E-state index in [1.807, 2.05) is 0 Å². The van der Waals surface area contributed by atoms with Gasteiger partial charge in [0.2, 0.25) is 11.8 Å². The lowest BCUT2D eigenvalue weighted by Gasteiger charge is -2.27. The van der Waals surface area contributed by atoms with Crippen molar-refractivity contribution in [3.05, 3.63) is 23.2 Å². The van der Waals surface area contributed by atoms with Crippen LogP contribution >= 0.6 is 11.6 Å². The number of carbonyl (C=O) groups is 2. The van der Waals surface area contributed by atoms with E-state index in [0.717, 1.165) is 13.1 Å². The molecule has 7 heteroatoms. The lowest BCUT2D eigenvalue weighted by molar-refractivity contribution is -0.126. The zero-order valence-corrected chi connectivity index (χ0v) is 16.7. The predicted octanol–water partition coefficient (Wildman–Crippen LogP) is 2.55. The van der Waals surface area contributed by atoms with Crippen LogP contribution < -0.4 is 15.0 Å². The molecule has 1 fully saturated rings. The third-order valence-electron chi connectivity index (χ3n) is 4.93. The zero-order valence-electron chi connectivity index (χ0n) is 15.9. The van der Waals surface area contributed by atoms with Gasteiger partial charge in [0.05, 0.1) is 18.7 Å². The van der Waals surface area contributed by atoms with E-state index < -0.39 is 0 Å². The van der Waals surface area contributed by atoms with Crippen LogP contribution in [0.2, 0.25) is 5.02 Å². The Balaban J connectivity index is 2.01. The third-order valence-corrected chi connectivity index (χ3v) is 5.17. The van der Waals surface area contributed by atoms with Crippen molar-refractivity contribution in [3.63, 3.8) is 0 Å². The molecule has 1 heterocycles. The van der Waals surface area contributed by atoms with E-state index in [1.54, 1.807) is 30.2 Å². The maximum absolute atomic E-state index is 12.5. The van der Waals surface area contributed by atoms with Gasteiger partial charge in [-0.3, -0.25) is 14.5 Å². The van der Waals surface area contributed by atoms with Gasteiger partial charge >= 0.3 is 0 Å². The molecular formula is C19H28ClN3O3. The van der Waals surface area contributed by atoms with Gasteiger partial charge in [-0.1, -0.05) is 25.4 Å². The lowest BCUT2D eigenvalue weighted by atomic mass is 10.1. The van der Waals surface area contributed by atoms with Crippen LogP contribution in [0.15, 0.2) is 18.2 Å². The van der Waals surface area contributed by atoms with Crippen LogP contribution in [0.1, 0.15) is 27.2 Å². The number of carbonyl (C=O) groups excluding carboxylic acids is 2. The van der Waals surface area contributed by atoms with Crippen molar-refractivity contribution in [3.8, 4) is 5.75 Å². The van der Waals surface area contributed by atoms with Crippen molar-refractivity contribution < 1.29 is 14.3 Å². The molecule has 1 aromatic carbocycles. The van der Waals surface area contributed by atoms with Gasteiger partial charge in [-0.2, -0.15) is 0 Å². The Labute approximate surface area is 160 Å². The number of likely N-dealkylation sites (N-methyl/N-ethyl adjacent to an activating group) is 1. The van der Waals surface area contributed by atoms with Crippen LogP contribution in [0.5, 0.6) is 5.75 Å². The molecule has 0 spiro atoms. The summed E-state index contributed by atoms with van der Waals surface area (Å²) < 4.78 is 5.33. The number of amides is 2. The van der Waals surface area contributed by atoms with Crippen LogP contribution in [0.4, 0.5) is 5.69 Å². The first-order valence-electron chi connectivity index (χ1n) is 9.06. The number of nitrogens with one attached hydrogen (secondary N) is 1. The summed E-state index contributed by atoms with van der Waals surface area (Å²) in [6.45, 7) is 9.10. The molecule has 0 saturated carbocycles. The fraction of sp³-hybridized carbons (Fsp3) is 0.579. The summed E-state index contributed by atoms with van der Waals surface area (Å²) in [5, 5.41) is 3.51. The Morgan fingerprint density at radius 1 is 1.42 bits per heavy atom. The van der Waals surface area contributed by atoms with Gasteiger partial charge in [0.1, 0.15) is 5.75 Å². The van der Waals surface area contributed by atoms with E-state index in [2.05, 4.69) is 31.0 Å². The van der Waals surface area contributed by atoms with Crippen molar-refractivity contribution in [2.24, 2.45) is 5.92 Å². The molecule has 26 heavy (non-hydrogen) atoms. The van der Waals surface area contributed by atoms with Gasteiger partial charge in [0.15, 0.2) is 0 Å². The number of benzene rings is 1. The fourth-order valence-corrected chi connectivity index (χ4v) is 3.53. The molecule has 2 unspecified atom stereocenters. The molecule has 0 radical (unpaired) electrons. The van der Waals surface area contributed by atoms with Gasteiger partial charge in [-0.15, -0.1) is 0 Å². The van der Waals surface area contributed by atoms with Gasteiger partial charge in [-0.05, 0) is 38.2 Å². The number of methoxy groups -OCH3 is 1. The first kappa shape index (κ1) is 20.5. The summed E-state index contributed by atoms with van der Waals surface area (Å²) in [6.07, 6.45) is 0.196. The molecule has 2 rings (SSSR count).